The molecule has 0 aliphatic rings. The first kappa shape index (κ1) is 9.01. The zero-order valence-electron chi connectivity index (χ0n) is 7.22. The number of nitrogens with zero attached hydrogens (tertiary/aromatic N) is 2. The van der Waals surface area contributed by atoms with Gasteiger partial charge in [0, 0.05) is 12.3 Å². The van der Waals surface area contributed by atoms with Crippen LogP contribution < -0.4 is 0 Å². The smallest absolute Gasteiger partial charge is 0.337 e. The highest BCUT2D eigenvalue weighted by molar-refractivity contribution is 7.98. The van der Waals surface area contributed by atoms with Crippen LogP contribution in [0.25, 0.3) is 11.2 Å². The molecule has 0 aliphatic heterocycles. The van der Waals surface area contributed by atoms with Crippen molar-refractivity contribution in [1.29, 1.82) is 0 Å². The SMILES string of the molecule is CSc1nc2ncc(C(=O)O)cc2o1. The molecule has 0 aliphatic carbocycles. The molecule has 0 bridgehead atoms. The number of carbonyl (C=O) groups is 1. The molecule has 6 heteroatoms. The highest BCUT2D eigenvalue weighted by atomic mass is 32.2. The van der Waals surface area contributed by atoms with Crippen LogP contribution in [-0.2, 0) is 0 Å². The first-order valence-electron chi connectivity index (χ1n) is 3.74. The van der Waals surface area contributed by atoms with Crippen LogP contribution >= 0.6 is 11.8 Å². The van der Waals surface area contributed by atoms with Crippen molar-refractivity contribution in [2.75, 3.05) is 6.26 Å². The molecule has 0 saturated carbocycles. The van der Waals surface area contributed by atoms with Gasteiger partial charge in [0.1, 0.15) is 0 Å². The van der Waals surface area contributed by atoms with Crippen LogP contribution in [0.3, 0.4) is 0 Å². The Kier molecular flexibility index (Phi) is 2.12. The van der Waals surface area contributed by atoms with Gasteiger partial charge in [-0.15, -0.1) is 0 Å². The molecule has 14 heavy (non-hydrogen) atoms. The summed E-state index contributed by atoms with van der Waals surface area (Å²) in [7, 11) is 0. The fraction of sp³-hybridized carbons (Fsp3) is 0.125. The van der Waals surface area contributed by atoms with Crippen molar-refractivity contribution in [2.24, 2.45) is 0 Å². The van der Waals surface area contributed by atoms with Gasteiger partial charge in [0.25, 0.3) is 5.22 Å². The maximum absolute atomic E-state index is 10.6. The summed E-state index contributed by atoms with van der Waals surface area (Å²) in [6, 6.07) is 1.41. The van der Waals surface area contributed by atoms with Gasteiger partial charge in [-0.1, -0.05) is 11.8 Å². The van der Waals surface area contributed by atoms with Gasteiger partial charge < -0.3 is 9.52 Å². The Balaban J connectivity index is 2.59. The third-order valence-electron chi connectivity index (χ3n) is 1.65. The van der Waals surface area contributed by atoms with E-state index in [2.05, 4.69) is 9.97 Å². The van der Waals surface area contributed by atoms with Crippen molar-refractivity contribution >= 4 is 29.0 Å². The van der Waals surface area contributed by atoms with Crippen LogP contribution in [0.5, 0.6) is 0 Å². The summed E-state index contributed by atoms with van der Waals surface area (Å²) in [5, 5.41) is 9.18. The van der Waals surface area contributed by atoms with Crippen molar-refractivity contribution in [2.45, 2.75) is 5.22 Å². The normalized spacial score (nSPS) is 10.6. The van der Waals surface area contributed by atoms with E-state index >= 15 is 0 Å². The molecule has 2 aromatic heterocycles. The van der Waals surface area contributed by atoms with E-state index in [0.29, 0.717) is 16.5 Å². The largest absolute Gasteiger partial charge is 0.478 e. The fourth-order valence-electron chi connectivity index (χ4n) is 1.00. The number of carboxylic acids is 1. The summed E-state index contributed by atoms with van der Waals surface area (Å²) in [6.45, 7) is 0. The number of aromatic carboxylic acids is 1. The number of fused-ring (bicyclic) bond motifs is 1. The minimum Gasteiger partial charge on any atom is -0.478 e. The topological polar surface area (TPSA) is 76.2 Å². The van der Waals surface area contributed by atoms with E-state index in [9.17, 15) is 4.79 Å². The molecule has 2 heterocycles. The number of carboxylic acid groups (broad SMARTS) is 1. The molecule has 72 valence electrons. The maximum Gasteiger partial charge on any atom is 0.337 e. The zero-order chi connectivity index (χ0) is 10.1. The number of rotatable bonds is 2. The van der Waals surface area contributed by atoms with Gasteiger partial charge in [0.2, 0.25) is 0 Å². The lowest BCUT2D eigenvalue weighted by molar-refractivity contribution is 0.0696. The predicted molar refractivity (Wildman–Crippen MR) is 50.5 cm³/mol. The average molecular weight is 210 g/mol. The van der Waals surface area contributed by atoms with E-state index in [1.54, 1.807) is 0 Å². The molecule has 0 aromatic carbocycles. The minimum absolute atomic E-state index is 0.0984. The van der Waals surface area contributed by atoms with Crippen molar-refractivity contribution in [3.05, 3.63) is 17.8 Å². The second-order valence-corrected chi connectivity index (χ2v) is 3.29. The molecule has 0 amide bonds. The highest BCUT2D eigenvalue weighted by Crippen LogP contribution is 2.20. The van der Waals surface area contributed by atoms with Crippen molar-refractivity contribution < 1.29 is 14.3 Å². The van der Waals surface area contributed by atoms with Crippen LogP contribution in [0.1, 0.15) is 10.4 Å². The Hall–Kier alpha value is -1.56. The summed E-state index contributed by atoms with van der Waals surface area (Å²) in [5.41, 5.74) is 0.926. The zero-order valence-corrected chi connectivity index (χ0v) is 8.04. The number of pyridine rings is 1. The molecule has 5 nitrogen and oxygen atoms in total. The minimum atomic E-state index is -1.03. The van der Waals surface area contributed by atoms with Gasteiger partial charge in [-0.25, -0.2) is 9.78 Å². The van der Waals surface area contributed by atoms with Crippen LogP contribution in [0.15, 0.2) is 21.9 Å². The lowest BCUT2D eigenvalue weighted by Crippen LogP contribution is -1.96. The third kappa shape index (κ3) is 1.44. The molecule has 2 rings (SSSR count). The average Bonchev–Trinajstić information content (AvgIpc) is 2.58. The van der Waals surface area contributed by atoms with Crippen LogP contribution in [0.2, 0.25) is 0 Å². The molecule has 0 fully saturated rings. The van der Waals surface area contributed by atoms with E-state index in [1.807, 2.05) is 6.26 Å². The molecule has 0 atom stereocenters. The Morgan fingerprint density at radius 3 is 3.07 bits per heavy atom. The molecule has 0 radical (unpaired) electrons. The monoisotopic (exact) mass is 210 g/mol. The van der Waals surface area contributed by atoms with E-state index in [1.165, 1.54) is 24.0 Å². The number of oxazole rings is 1. The standard InChI is InChI=1S/C8H6N2O3S/c1-14-8-10-6-5(13-8)2-4(3-9-6)7(11)12/h2-3H,1H3,(H,11,12). The number of hydrogen-bond acceptors (Lipinski definition) is 5. The lowest BCUT2D eigenvalue weighted by Gasteiger charge is -1.90. The number of thioether (sulfide) groups is 1. The molecule has 2 aromatic rings. The Morgan fingerprint density at radius 2 is 2.43 bits per heavy atom. The highest BCUT2D eigenvalue weighted by Gasteiger charge is 2.09. The third-order valence-corrected chi connectivity index (χ3v) is 2.17. The van der Waals surface area contributed by atoms with E-state index in [-0.39, 0.29) is 5.56 Å². The summed E-state index contributed by atoms with van der Waals surface area (Å²) >= 11 is 1.34. The Bertz CT molecular complexity index is 494. The maximum atomic E-state index is 10.6. The van der Waals surface area contributed by atoms with Gasteiger partial charge in [0.05, 0.1) is 5.56 Å². The fourth-order valence-corrected chi connectivity index (χ4v) is 1.35. The van der Waals surface area contributed by atoms with Crippen molar-refractivity contribution in [3.8, 4) is 0 Å². The molecule has 0 saturated heterocycles. The summed E-state index contributed by atoms with van der Waals surface area (Å²) < 4.78 is 5.23. The van der Waals surface area contributed by atoms with Gasteiger partial charge in [-0.3, -0.25) is 0 Å². The molecule has 0 unspecified atom stereocenters. The lowest BCUT2D eigenvalue weighted by atomic mass is 10.3. The first-order chi connectivity index (χ1) is 6.70. The van der Waals surface area contributed by atoms with Crippen LogP contribution in [-0.4, -0.2) is 27.3 Å². The van der Waals surface area contributed by atoms with Gasteiger partial charge >= 0.3 is 5.97 Å². The summed E-state index contributed by atoms with van der Waals surface area (Å²) in [4.78, 5) is 18.5. The summed E-state index contributed by atoms with van der Waals surface area (Å²) in [5.74, 6) is -1.03. The van der Waals surface area contributed by atoms with Crippen molar-refractivity contribution in [1.82, 2.24) is 9.97 Å². The molecular weight excluding hydrogens is 204 g/mol. The second kappa shape index (κ2) is 3.30. The van der Waals surface area contributed by atoms with Crippen molar-refractivity contribution in [3.63, 3.8) is 0 Å². The molecule has 0 spiro atoms. The van der Waals surface area contributed by atoms with Crippen LogP contribution in [0, 0.1) is 0 Å². The van der Waals surface area contributed by atoms with E-state index < -0.39 is 5.97 Å². The predicted octanol–water partition coefficient (Wildman–Crippen LogP) is 1.64. The van der Waals surface area contributed by atoms with Gasteiger partial charge in [-0.2, -0.15) is 4.98 Å². The number of aromatic nitrogens is 2. The number of hydrogen-bond donors (Lipinski definition) is 1. The Labute approximate surface area is 83.2 Å². The van der Waals surface area contributed by atoms with E-state index in [4.69, 9.17) is 9.52 Å². The first-order valence-corrected chi connectivity index (χ1v) is 4.97. The molecule has 1 N–H and O–H groups in total. The molecular formula is C8H6N2O3S. The summed E-state index contributed by atoms with van der Waals surface area (Å²) in [6.07, 6.45) is 3.08. The quantitative estimate of drug-likeness (QED) is 0.759. The van der Waals surface area contributed by atoms with Gasteiger partial charge in [0.15, 0.2) is 11.2 Å². The van der Waals surface area contributed by atoms with Crippen LogP contribution in [0.4, 0.5) is 0 Å². The Morgan fingerprint density at radius 1 is 1.64 bits per heavy atom. The van der Waals surface area contributed by atoms with E-state index in [0.717, 1.165) is 0 Å². The second-order valence-electron chi connectivity index (χ2n) is 2.53. The van der Waals surface area contributed by atoms with Gasteiger partial charge in [-0.05, 0) is 6.26 Å².